The van der Waals surface area contributed by atoms with E-state index in [-0.39, 0.29) is 0 Å². The van der Waals surface area contributed by atoms with Crippen molar-refractivity contribution in [1.82, 2.24) is 10.3 Å². The molecule has 21 heavy (non-hydrogen) atoms. The normalized spacial score (nSPS) is 13.3. The van der Waals surface area contributed by atoms with Crippen LogP contribution in [0.1, 0.15) is 11.3 Å². The van der Waals surface area contributed by atoms with Gasteiger partial charge in [0.2, 0.25) is 0 Å². The highest BCUT2D eigenvalue weighted by Gasteiger charge is 2.15. The van der Waals surface area contributed by atoms with Gasteiger partial charge in [0.25, 0.3) is 0 Å². The number of nitrogens with zero attached hydrogens (tertiary/aromatic N) is 1. The molecule has 2 aromatic rings. The van der Waals surface area contributed by atoms with E-state index < -0.39 is 0 Å². The molecule has 0 spiro atoms. The summed E-state index contributed by atoms with van der Waals surface area (Å²) < 4.78 is 11.1. The molecular weight excluding hydrogens is 286 g/mol. The minimum atomic E-state index is 0.569. The van der Waals surface area contributed by atoms with Crippen LogP contribution in [-0.2, 0) is 6.54 Å². The van der Waals surface area contributed by atoms with Gasteiger partial charge in [-0.1, -0.05) is 12.1 Å². The van der Waals surface area contributed by atoms with Crippen LogP contribution >= 0.6 is 11.3 Å². The summed E-state index contributed by atoms with van der Waals surface area (Å²) in [6, 6.07) is 5.90. The number of nitrogens with two attached hydrogens (primary N) is 1. The smallest absolute Gasteiger partial charge is 0.180 e. The van der Waals surface area contributed by atoms with E-state index in [9.17, 15) is 0 Å². The molecule has 0 atom stereocenters. The molecule has 0 unspecified atom stereocenters. The SMILES string of the molecule is COc1cccc2c1OCC(CNCc1csc(N)n1)=C2. The number of rotatable bonds is 5. The molecule has 0 fully saturated rings. The first-order chi connectivity index (χ1) is 10.3. The lowest BCUT2D eigenvalue weighted by molar-refractivity contribution is 0.312. The zero-order valence-electron chi connectivity index (χ0n) is 11.8. The molecule has 5 nitrogen and oxygen atoms in total. The van der Waals surface area contributed by atoms with Crippen LogP contribution in [0.5, 0.6) is 11.5 Å². The van der Waals surface area contributed by atoms with Crippen LogP contribution in [0.25, 0.3) is 6.08 Å². The third-order valence-electron chi connectivity index (χ3n) is 3.22. The van der Waals surface area contributed by atoms with Gasteiger partial charge in [-0.25, -0.2) is 4.98 Å². The quantitative estimate of drug-likeness (QED) is 0.887. The Morgan fingerprint density at radius 3 is 3.10 bits per heavy atom. The Morgan fingerprint density at radius 1 is 1.43 bits per heavy atom. The second kappa shape index (κ2) is 6.15. The first-order valence-electron chi connectivity index (χ1n) is 6.66. The van der Waals surface area contributed by atoms with Gasteiger partial charge < -0.3 is 20.5 Å². The molecular formula is C15H17N3O2S. The molecule has 1 aliphatic heterocycles. The number of aromatic nitrogens is 1. The van der Waals surface area contributed by atoms with Crippen molar-refractivity contribution in [2.45, 2.75) is 6.54 Å². The Hall–Kier alpha value is -2.05. The largest absolute Gasteiger partial charge is 0.493 e. The van der Waals surface area contributed by atoms with Crippen molar-refractivity contribution in [3.63, 3.8) is 0 Å². The highest BCUT2D eigenvalue weighted by Crippen LogP contribution is 2.35. The van der Waals surface area contributed by atoms with E-state index in [1.54, 1.807) is 7.11 Å². The van der Waals surface area contributed by atoms with Crippen molar-refractivity contribution in [2.75, 3.05) is 26.0 Å². The van der Waals surface area contributed by atoms with Crippen LogP contribution in [0.4, 0.5) is 5.13 Å². The lowest BCUT2D eigenvalue weighted by Crippen LogP contribution is -2.21. The predicted octanol–water partition coefficient (Wildman–Crippen LogP) is 2.30. The summed E-state index contributed by atoms with van der Waals surface area (Å²) in [5.41, 5.74) is 8.82. The number of nitrogens with one attached hydrogen (secondary N) is 1. The first kappa shape index (κ1) is 13.9. The molecule has 3 rings (SSSR count). The van der Waals surface area contributed by atoms with Crippen LogP contribution in [-0.4, -0.2) is 25.2 Å². The van der Waals surface area contributed by atoms with Crippen LogP contribution in [0, 0.1) is 0 Å². The van der Waals surface area contributed by atoms with Gasteiger partial charge in [-0.05, 0) is 17.7 Å². The van der Waals surface area contributed by atoms with E-state index in [1.165, 1.54) is 16.9 Å². The average Bonchev–Trinajstić information content (AvgIpc) is 2.92. The Bertz CT molecular complexity index is 667. The molecule has 6 heteroatoms. The van der Waals surface area contributed by atoms with Crippen LogP contribution in [0.2, 0.25) is 0 Å². The number of ether oxygens (including phenoxy) is 2. The monoisotopic (exact) mass is 303 g/mol. The maximum absolute atomic E-state index is 5.80. The zero-order valence-corrected chi connectivity index (χ0v) is 12.6. The van der Waals surface area contributed by atoms with Gasteiger partial charge in [0, 0.05) is 24.0 Å². The Balaban J connectivity index is 1.63. The number of hydrogen-bond acceptors (Lipinski definition) is 6. The number of hydrogen-bond donors (Lipinski definition) is 2. The van der Waals surface area contributed by atoms with Crippen LogP contribution < -0.4 is 20.5 Å². The van der Waals surface area contributed by atoms with Crippen molar-refractivity contribution in [1.29, 1.82) is 0 Å². The summed E-state index contributed by atoms with van der Waals surface area (Å²) in [5.74, 6) is 1.59. The number of nitrogen functional groups attached to an aromatic ring is 1. The Labute approximate surface area is 127 Å². The van der Waals surface area contributed by atoms with E-state index in [2.05, 4.69) is 16.4 Å². The van der Waals surface area contributed by atoms with Gasteiger partial charge in [0.15, 0.2) is 16.6 Å². The van der Waals surface area contributed by atoms with Crippen LogP contribution in [0.3, 0.4) is 0 Å². The van der Waals surface area contributed by atoms with E-state index in [0.717, 1.165) is 29.3 Å². The van der Waals surface area contributed by atoms with Crippen molar-refractivity contribution in [3.8, 4) is 11.5 Å². The van der Waals surface area contributed by atoms with Crippen molar-refractivity contribution in [3.05, 3.63) is 40.4 Å². The summed E-state index contributed by atoms with van der Waals surface area (Å²) in [7, 11) is 1.65. The zero-order chi connectivity index (χ0) is 14.7. The summed E-state index contributed by atoms with van der Waals surface area (Å²) in [5, 5.41) is 5.92. The number of fused-ring (bicyclic) bond motifs is 1. The number of para-hydroxylation sites is 1. The van der Waals surface area contributed by atoms with Crippen molar-refractivity contribution < 1.29 is 9.47 Å². The minimum absolute atomic E-state index is 0.569. The Morgan fingerprint density at radius 2 is 2.33 bits per heavy atom. The van der Waals surface area contributed by atoms with E-state index in [0.29, 0.717) is 18.3 Å². The van der Waals surface area contributed by atoms with Gasteiger partial charge in [0.1, 0.15) is 6.61 Å². The molecule has 2 heterocycles. The maximum Gasteiger partial charge on any atom is 0.180 e. The molecule has 0 aliphatic carbocycles. The van der Waals surface area contributed by atoms with Gasteiger partial charge >= 0.3 is 0 Å². The second-order valence-corrected chi connectivity index (χ2v) is 5.64. The summed E-state index contributed by atoms with van der Waals surface area (Å²) in [6.07, 6.45) is 2.14. The molecule has 3 N–H and O–H groups in total. The molecule has 0 bridgehead atoms. The molecule has 110 valence electrons. The third-order valence-corrected chi connectivity index (χ3v) is 3.94. The van der Waals surface area contributed by atoms with E-state index in [1.807, 2.05) is 23.6 Å². The summed E-state index contributed by atoms with van der Waals surface area (Å²) in [4.78, 5) is 4.22. The number of methoxy groups -OCH3 is 1. The highest BCUT2D eigenvalue weighted by molar-refractivity contribution is 7.13. The highest BCUT2D eigenvalue weighted by atomic mass is 32.1. The minimum Gasteiger partial charge on any atom is -0.493 e. The molecule has 0 amide bonds. The van der Waals surface area contributed by atoms with Gasteiger partial charge in [-0.15, -0.1) is 11.3 Å². The van der Waals surface area contributed by atoms with Gasteiger partial charge in [-0.3, -0.25) is 0 Å². The predicted molar refractivity (Wildman–Crippen MR) is 84.7 cm³/mol. The molecule has 0 radical (unpaired) electrons. The number of anilines is 1. The van der Waals surface area contributed by atoms with E-state index >= 15 is 0 Å². The fourth-order valence-corrected chi connectivity index (χ4v) is 2.81. The topological polar surface area (TPSA) is 69.4 Å². The molecule has 1 aromatic carbocycles. The molecule has 0 saturated carbocycles. The van der Waals surface area contributed by atoms with E-state index in [4.69, 9.17) is 15.2 Å². The standard InChI is InChI=1S/C15H17N3O2S/c1-19-13-4-2-3-11-5-10(8-20-14(11)13)6-17-7-12-9-21-15(16)18-12/h2-5,9,17H,6-8H2,1H3,(H2,16,18). The fourth-order valence-electron chi connectivity index (χ4n) is 2.25. The maximum atomic E-state index is 5.80. The molecule has 1 aromatic heterocycles. The Kier molecular flexibility index (Phi) is 4.08. The fraction of sp³-hybridized carbons (Fsp3) is 0.267. The summed E-state index contributed by atoms with van der Waals surface area (Å²) in [6.45, 7) is 2.03. The number of thiazole rings is 1. The average molecular weight is 303 g/mol. The molecule has 1 aliphatic rings. The third kappa shape index (κ3) is 3.17. The lowest BCUT2D eigenvalue weighted by atomic mass is 10.1. The van der Waals surface area contributed by atoms with Gasteiger partial charge in [-0.2, -0.15) is 0 Å². The number of benzene rings is 1. The second-order valence-electron chi connectivity index (χ2n) is 4.75. The van der Waals surface area contributed by atoms with Gasteiger partial charge in [0.05, 0.1) is 12.8 Å². The first-order valence-corrected chi connectivity index (χ1v) is 7.54. The van der Waals surface area contributed by atoms with Crippen molar-refractivity contribution >= 4 is 22.5 Å². The lowest BCUT2D eigenvalue weighted by Gasteiger charge is -2.20. The van der Waals surface area contributed by atoms with Crippen LogP contribution in [0.15, 0.2) is 29.2 Å². The summed E-state index contributed by atoms with van der Waals surface area (Å²) >= 11 is 1.46. The van der Waals surface area contributed by atoms with Crippen molar-refractivity contribution in [2.24, 2.45) is 0 Å². The molecule has 0 saturated heterocycles.